The van der Waals surface area contributed by atoms with Crippen molar-refractivity contribution in [2.24, 2.45) is 0 Å². The number of carbonyl (C=O) groups excluding carboxylic acids is 1. The summed E-state index contributed by atoms with van der Waals surface area (Å²) < 4.78 is 13.2. The van der Waals surface area contributed by atoms with Crippen LogP contribution in [-0.2, 0) is 23.2 Å². The first-order chi connectivity index (χ1) is 12.9. The number of nitrogens with zero attached hydrogens (tertiary/aromatic N) is 1. The molecule has 2 aliphatic rings. The van der Waals surface area contributed by atoms with Crippen molar-refractivity contribution in [1.82, 2.24) is 10.2 Å². The van der Waals surface area contributed by atoms with Gasteiger partial charge in [0.1, 0.15) is 5.82 Å². The number of benzene rings is 2. The highest BCUT2D eigenvalue weighted by molar-refractivity contribution is 5.91. The zero-order chi connectivity index (χ0) is 19.1. The fourth-order valence-corrected chi connectivity index (χ4v) is 4.13. The minimum absolute atomic E-state index is 0.0691. The van der Waals surface area contributed by atoms with Crippen LogP contribution in [0, 0.1) is 5.82 Å². The molecule has 0 spiro atoms. The fourth-order valence-electron chi connectivity index (χ4n) is 4.13. The van der Waals surface area contributed by atoms with Crippen LogP contribution in [0.25, 0.3) is 0 Å². The van der Waals surface area contributed by atoms with Gasteiger partial charge in [0.2, 0.25) is 5.91 Å². The first kappa shape index (κ1) is 18.2. The first-order valence-electron chi connectivity index (χ1n) is 9.77. The third-order valence-corrected chi connectivity index (χ3v) is 6.25. The maximum Gasteiger partial charge on any atom is 0.230 e. The van der Waals surface area contributed by atoms with Crippen LogP contribution in [0.4, 0.5) is 4.39 Å². The van der Waals surface area contributed by atoms with E-state index in [9.17, 15) is 9.18 Å². The van der Waals surface area contributed by atoms with Gasteiger partial charge in [0.05, 0.1) is 5.41 Å². The van der Waals surface area contributed by atoms with Crippen molar-refractivity contribution in [3.8, 4) is 0 Å². The number of amides is 1. The number of hydrogen-bond acceptors (Lipinski definition) is 2. The predicted octanol–water partition coefficient (Wildman–Crippen LogP) is 3.81. The summed E-state index contributed by atoms with van der Waals surface area (Å²) in [5.41, 5.74) is 3.15. The largest absolute Gasteiger partial charge is 0.353 e. The number of fused-ring (bicyclic) bond motifs is 1. The van der Waals surface area contributed by atoms with Gasteiger partial charge in [-0.25, -0.2) is 4.39 Å². The quantitative estimate of drug-likeness (QED) is 0.873. The molecule has 1 N–H and O–H groups in total. The van der Waals surface area contributed by atoms with Crippen LogP contribution in [0.1, 0.15) is 43.4 Å². The zero-order valence-electron chi connectivity index (χ0n) is 16.1. The Hall–Kier alpha value is -2.20. The van der Waals surface area contributed by atoms with Gasteiger partial charge in [-0.1, -0.05) is 36.4 Å². The highest BCUT2D eigenvalue weighted by Gasteiger charge is 2.51. The van der Waals surface area contributed by atoms with Crippen LogP contribution in [0.2, 0.25) is 0 Å². The lowest BCUT2D eigenvalue weighted by Crippen LogP contribution is -2.54. The van der Waals surface area contributed by atoms with Crippen LogP contribution in [-0.4, -0.2) is 29.4 Å². The standard InChI is InChI=1S/C23H27FN2O/c1-22(2,26-14-11-17-5-3-4-6-18(17)15-26)16-25-21(27)23(12-13-23)19-7-9-20(24)10-8-19/h3-10H,11-16H2,1-2H3,(H,25,27). The second kappa shape index (κ2) is 6.75. The predicted molar refractivity (Wildman–Crippen MR) is 105 cm³/mol. The topological polar surface area (TPSA) is 32.3 Å². The lowest BCUT2D eigenvalue weighted by atomic mass is 9.92. The van der Waals surface area contributed by atoms with E-state index in [0.29, 0.717) is 6.54 Å². The summed E-state index contributed by atoms with van der Waals surface area (Å²) in [6, 6.07) is 15.0. The Balaban J connectivity index is 1.40. The molecule has 0 atom stereocenters. The van der Waals surface area contributed by atoms with Crippen LogP contribution < -0.4 is 5.32 Å². The summed E-state index contributed by atoms with van der Waals surface area (Å²) >= 11 is 0. The van der Waals surface area contributed by atoms with Gasteiger partial charge in [0.25, 0.3) is 0 Å². The van der Waals surface area contributed by atoms with Crippen LogP contribution in [0.3, 0.4) is 0 Å². The van der Waals surface area contributed by atoms with Gasteiger partial charge in [-0.15, -0.1) is 0 Å². The Bertz CT molecular complexity index is 840. The molecule has 4 rings (SSSR count). The third kappa shape index (κ3) is 3.51. The summed E-state index contributed by atoms with van der Waals surface area (Å²) in [6.07, 6.45) is 2.72. The van der Waals surface area contributed by atoms with Crippen molar-refractivity contribution in [1.29, 1.82) is 0 Å². The Labute approximate surface area is 160 Å². The molecule has 2 aromatic rings. The molecule has 0 unspecified atom stereocenters. The van der Waals surface area contributed by atoms with Gasteiger partial charge in [-0.2, -0.15) is 0 Å². The van der Waals surface area contributed by atoms with E-state index in [-0.39, 0.29) is 17.3 Å². The second-order valence-electron chi connectivity index (χ2n) is 8.52. The highest BCUT2D eigenvalue weighted by Crippen LogP contribution is 2.48. The monoisotopic (exact) mass is 366 g/mol. The Morgan fingerprint density at radius 1 is 1.11 bits per heavy atom. The van der Waals surface area contributed by atoms with Crippen molar-refractivity contribution >= 4 is 5.91 Å². The number of rotatable bonds is 5. The molecule has 0 aromatic heterocycles. The lowest BCUT2D eigenvalue weighted by Gasteiger charge is -2.42. The fraction of sp³-hybridized carbons (Fsp3) is 0.435. The smallest absolute Gasteiger partial charge is 0.230 e. The molecule has 142 valence electrons. The van der Waals surface area contributed by atoms with E-state index in [1.807, 2.05) is 0 Å². The van der Waals surface area contributed by atoms with Crippen molar-refractivity contribution in [3.05, 3.63) is 71.0 Å². The molecule has 4 heteroatoms. The molecule has 1 saturated carbocycles. The second-order valence-corrected chi connectivity index (χ2v) is 8.52. The molecular formula is C23H27FN2O. The molecule has 1 heterocycles. The molecule has 2 aromatic carbocycles. The van der Waals surface area contributed by atoms with E-state index < -0.39 is 5.41 Å². The molecule has 1 fully saturated rings. The molecule has 3 nitrogen and oxygen atoms in total. The van der Waals surface area contributed by atoms with Crippen molar-refractivity contribution < 1.29 is 9.18 Å². The Morgan fingerprint density at radius 3 is 2.44 bits per heavy atom. The minimum atomic E-state index is -0.460. The van der Waals surface area contributed by atoms with Crippen LogP contribution in [0.15, 0.2) is 48.5 Å². The normalized spacial score (nSPS) is 18.6. The molecule has 0 saturated heterocycles. The number of halogens is 1. The molecule has 0 bridgehead atoms. The molecule has 1 amide bonds. The van der Waals surface area contributed by atoms with E-state index >= 15 is 0 Å². The average Bonchev–Trinajstić information content (AvgIpc) is 3.48. The summed E-state index contributed by atoms with van der Waals surface area (Å²) in [6.45, 7) is 6.92. The SMILES string of the molecule is CC(C)(CNC(=O)C1(c2ccc(F)cc2)CC1)N1CCc2ccccc2C1. The van der Waals surface area contributed by atoms with Gasteiger partial charge in [-0.3, -0.25) is 9.69 Å². The average molecular weight is 366 g/mol. The van der Waals surface area contributed by atoms with E-state index in [2.05, 4.69) is 48.3 Å². The number of hydrogen-bond donors (Lipinski definition) is 1. The number of carbonyl (C=O) groups is 1. The van der Waals surface area contributed by atoms with Crippen molar-refractivity contribution in [2.45, 2.75) is 50.6 Å². The summed E-state index contributed by atoms with van der Waals surface area (Å²) in [5, 5.41) is 3.19. The molecule has 27 heavy (non-hydrogen) atoms. The summed E-state index contributed by atoms with van der Waals surface area (Å²) in [7, 11) is 0. The third-order valence-electron chi connectivity index (χ3n) is 6.25. The zero-order valence-corrected chi connectivity index (χ0v) is 16.1. The molecule has 1 aliphatic carbocycles. The summed E-state index contributed by atoms with van der Waals surface area (Å²) in [5.74, 6) is -0.193. The van der Waals surface area contributed by atoms with Gasteiger partial charge in [0, 0.05) is 25.2 Å². The minimum Gasteiger partial charge on any atom is -0.353 e. The van der Waals surface area contributed by atoms with Crippen molar-refractivity contribution in [3.63, 3.8) is 0 Å². The van der Waals surface area contributed by atoms with E-state index in [0.717, 1.165) is 37.9 Å². The van der Waals surface area contributed by atoms with Gasteiger partial charge >= 0.3 is 0 Å². The molecule has 0 radical (unpaired) electrons. The molecular weight excluding hydrogens is 339 g/mol. The Kier molecular flexibility index (Phi) is 4.55. The maximum absolute atomic E-state index is 13.2. The van der Waals surface area contributed by atoms with E-state index in [1.165, 1.54) is 23.3 Å². The highest BCUT2D eigenvalue weighted by atomic mass is 19.1. The molecule has 1 aliphatic heterocycles. The van der Waals surface area contributed by atoms with Crippen LogP contribution >= 0.6 is 0 Å². The van der Waals surface area contributed by atoms with Gasteiger partial charge in [-0.05, 0) is 61.9 Å². The van der Waals surface area contributed by atoms with E-state index in [1.54, 1.807) is 12.1 Å². The van der Waals surface area contributed by atoms with E-state index in [4.69, 9.17) is 0 Å². The lowest BCUT2D eigenvalue weighted by molar-refractivity contribution is -0.124. The van der Waals surface area contributed by atoms with Crippen LogP contribution in [0.5, 0.6) is 0 Å². The van der Waals surface area contributed by atoms with Gasteiger partial charge < -0.3 is 5.32 Å². The van der Waals surface area contributed by atoms with Crippen molar-refractivity contribution in [2.75, 3.05) is 13.1 Å². The number of nitrogens with one attached hydrogen (secondary N) is 1. The summed E-state index contributed by atoms with van der Waals surface area (Å²) in [4.78, 5) is 15.4. The first-order valence-corrected chi connectivity index (χ1v) is 9.77. The van der Waals surface area contributed by atoms with Gasteiger partial charge in [0.15, 0.2) is 0 Å². The Morgan fingerprint density at radius 2 is 1.78 bits per heavy atom. The maximum atomic E-state index is 13.2.